The molecular formula is C22H35N3O6. The van der Waals surface area contributed by atoms with Gasteiger partial charge in [0.25, 0.3) is 11.8 Å². The van der Waals surface area contributed by atoms with Crippen molar-refractivity contribution in [1.82, 2.24) is 15.5 Å². The van der Waals surface area contributed by atoms with Crippen molar-refractivity contribution in [3.8, 4) is 0 Å². The molecule has 0 aliphatic carbocycles. The molecule has 3 N–H and O–H groups in total. The van der Waals surface area contributed by atoms with Gasteiger partial charge in [0.15, 0.2) is 5.79 Å². The molecule has 1 aliphatic heterocycles. The van der Waals surface area contributed by atoms with Crippen LogP contribution in [0.15, 0.2) is 24.4 Å². The minimum atomic E-state index is -1.27. The van der Waals surface area contributed by atoms with E-state index in [2.05, 4.69) is 10.6 Å². The van der Waals surface area contributed by atoms with Crippen molar-refractivity contribution in [3.05, 3.63) is 24.4 Å². The van der Waals surface area contributed by atoms with E-state index in [1.807, 2.05) is 13.8 Å². The Bertz CT molecular complexity index is 676. The second-order valence-electron chi connectivity index (χ2n) is 8.72. The third-order valence-electron chi connectivity index (χ3n) is 4.91. The highest BCUT2D eigenvalue weighted by Gasteiger charge is 2.31. The van der Waals surface area contributed by atoms with Crippen LogP contribution in [0.5, 0.6) is 0 Å². The minimum absolute atomic E-state index is 0.211. The fourth-order valence-corrected chi connectivity index (χ4v) is 2.80. The number of carbonyl (C=O) groups is 4. The number of hydrogen-bond acceptors (Lipinski definition) is 7. The van der Waals surface area contributed by atoms with Crippen LogP contribution in [0.2, 0.25) is 0 Å². The van der Waals surface area contributed by atoms with Crippen molar-refractivity contribution in [1.29, 1.82) is 0 Å². The van der Waals surface area contributed by atoms with Crippen molar-refractivity contribution >= 4 is 24.0 Å². The lowest BCUT2D eigenvalue weighted by atomic mass is 9.80. The lowest BCUT2D eigenvalue weighted by Gasteiger charge is -2.33. The van der Waals surface area contributed by atoms with E-state index in [4.69, 9.17) is 4.74 Å². The molecule has 0 radical (unpaired) electrons. The van der Waals surface area contributed by atoms with E-state index < -0.39 is 11.2 Å². The molecule has 174 valence electrons. The third kappa shape index (κ3) is 10.4. The van der Waals surface area contributed by atoms with Gasteiger partial charge in [-0.25, -0.2) is 0 Å². The zero-order valence-electron chi connectivity index (χ0n) is 18.8. The van der Waals surface area contributed by atoms with Crippen molar-refractivity contribution in [2.75, 3.05) is 26.2 Å². The van der Waals surface area contributed by atoms with Crippen LogP contribution in [0, 0.1) is 11.3 Å². The van der Waals surface area contributed by atoms with Gasteiger partial charge in [0.05, 0.1) is 6.61 Å². The topological polar surface area (TPSA) is 125 Å². The Balaban J connectivity index is 2.19. The summed E-state index contributed by atoms with van der Waals surface area (Å²) in [7, 11) is 0. The highest BCUT2D eigenvalue weighted by atomic mass is 16.6. The van der Waals surface area contributed by atoms with E-state index in [-0.39, 0.29) is 30.2 Å². The van der Waals surface area contributed by atoms with Gasteiger partial charge in [-0.3, -0.25) is 19.3 Å². The zero-order valence-corrected chi connectivity index (χ0v) is 18.8. The molecule has 1 aliphatic rings. The first-order valence-corrected chi connectivity index (χ1v) is 10.5. The quantitative estimate of drug-likeness (QED) is 0.114. The van der Waals surface area contributed by atoms with E-state index in [0.717, 1.165) is 19.1 Å². The number of carbonyl (C=O) groups excluding carboxylic acids is 4. The Morgan fingerprint density at radius 3 is 2.39 bits per heavy atom. The van der Waals surface area contributed by atoms with E-state index in [9.17, 15) is 24.3 Å². The van der Waals surface area contributed by atoms with E-state index in [1.54, 1.807) is 0 Å². The van der Waals surface area contributed by atoms with Crippen molar-refractivity contribution in [2.24, 2.45) is 11.3 Å². The van der Waals surface area contributed by atoms with Gasteiger partial charge >= 0.3 is 0 Å². The number of aliphatic hydroxyl groups is 1. The van der Waals surface area contributed by atoms with Crippen LogP contribution in [0.25, 0.3) is 0 Å². The maximum Gasteiger partial charge on any atom is 0.253 e. The van der Waals surface area contributed by atoms with E-state index >= 15 is 0 Å². The molecule has 0 aromatic heterocycles. The lowest BCUT2D eigenvalue weighted by molar-refractivity contribution is -0.195. The number of unbranched alkanes of at least 4 members (excludes halogenated alkanes) is 2. The minimum Gasteiger partial charge on any atom is -0.390 e. The molecular weight excluding hydrogens is 402 g/mol. The van der Waals surface area contributed by atoms with Crippen LogP contribution in [0.3, 0.4) is 0 Å². The zero-order chi connectivity index (χ0) is 23.5. The summed E-state index contributed by atoms with van der Waals surface area (Å²) in [5.74, 6) is -2.45. The molecule has 1 atom stereocenters. The van der Waals surface area contributed by atoms with Crippen LogP contribution in [-0.4, -0.2) is 66.0 Å². The number of aldehydes is 1. The van der Waals surface area contributed by atoms with Crippen LogP contribution in [-0.2, 0) is 23.9 Å². The molecule has 31 heavy (non-hydrogen) atoms. The third-order valence-corrected chi connectivity index (χ3v) is 4.91. The first kappa shape index (κ1) is 26.5. The summed E-state index contributed by atoms with van der Waals surface area (Å²) < 4.78 is 5.38. The van der Waals surface area contributed by atoms with Gasteiger partial charge in [-0.05, 0) is 38.5 Å². The highest BCUT2D eigenvalue weighted by Crippen LogP contribution is 2.27. The monoisotopic (exact) mass is 437 g/mol. The molecule has 9 nitrogen and oxygen atoms in total. The number of amides is 3. The SMILES string of the molecule is CC(C)(O)OCC(C)(C)C(C=O)CN/C=C\C(=O)NCCCCCN1C(=O)C=CC1=O. The summed E-state index contributed by atoms with van der Waals surface area (Å²) in [5, 5.41) is 15.4. The molecule has 0 saturated carbocycles. The summed E-state index contributed by atoms with van der Waals surface area (Å²) in [5.41, 5.74) is -0.495. The predicted octanol–water partition coefficient (Wildman–Crippen LogP) is 0.888. The average Bonchev–Trinajstić information content (AvgIpc) is 3.00. The van der Waals surface area contributed by atoms with Crippen LogP contribution in [0.1, 0.15) is 47.0 Å². The van der Waals surface area contributed by atoms with E-state index in [0.29, 0.717) is 26.1 Å². The fraction of sp³-hybridized carbons (Fsp3) is 0.636. The Hall–Kier alpha value is -2.52. The second-order valence-corrected chi connectivity index (χ2v) is 8.72. The molecule has 0 aromatic carbocycles. The molecule has 3 amide bonds. The molecule has 9 heteroatoms. The number of ether oxygens (including phenoxy) is 1. The number of hydrogen-bond donors (Lipinski definition) is 3. The van der Waals surface area contributed by atoms with Crippen molar-refractivity contribution in [3.63, 3.8) is 0 Å². The summed E-state index contributed by atoms with van der Waals surface area (Å²) in [6.07, 6.45) is 8.43. The lowest BCUT2D eigenvalue weighted by Crippen LogP contribution is -2.39. The average molecular weight is 438 g/mol. The van der Waals surface area contributed by atoms with Gasteiger partial charge in [-0.1, -0.05) is 13.8 Å². The standard InChI is InChI=1S/C22H35N3O6/c1-21(2,16-31-22(3,4)30)17(15-26)14-23-12-10-18(27)24-11-6-5-7-13-25-19(28)8-9-20(25)29/h8-10,12,15,17,23,30H,5-7,11,13-14,16H2,1-4H3,(H,24,27)/b12-10-. The number of imide groups is 1. The summed E-state index contributed by atoms with van der Waals surface area (Å²) >= 11 is 0. The molecule has 0 spiro atoms. The van der Waals surface area contributed by atoms with Crippen LogP contribution < -0.4 is 10.6 Å². The first-order chi connectivity index (χ1) is 14.5. The van der Waals surface area contributed by atoms with Crippen molar-refractivity contribution < 1.29 is 29.0 Å². The molecule has 1 rings (SSSR count). The van der Waals surface area contributed by atoms with Crippen LogP contribution >= 0.6 is 0 Å². The molecule has 0 saturated heterocycles. The van der Waals surface area contributed by atoms with Gasteiger partial charge in [0, 0.05) is 50.0 Å². The fourth-order valence-electron chi connectivity index (χ4n) is 2.80. The first-order valence-electron chi connectivity index (χ1n) is 10.5. The summed E-state index contributed by atoms with van der Waals surface area (Å²) in [6, 6.07) is 0. The Kier molecular flexibility index (Phi) is 10.6. The molecule has 1 heterocycles. The van der Waals surface area contributed by atoms with Gasteiger partial charge in [0.1, 0.15) is 6.29 Å². The second kappa shape index (κ2) is 12.4. The molecule has 0 fully saturated rings. The normalized spacial score (nSPS) is 15.6. The van der Waals surface area contributed by atoms with Gasteiger partial charge in [0.2, 0.25) is 5.91 Å². The molecule has 0 aromatic rings. The number of nitrogens with zero attached hydrogens (tertiary/aromatic N) is 1. The van der Waals surface area contributed by atoms with E-state index in [1.165, 1.54) is 43.2 Å². The van der Waals surface area contributed by atoms with Gasteiger partial charge < -0.3 is 25.3 Å². The van der Waals surface area contributed by atoms with Crippen LogP contribution in [0.4, 0.5) is 0 Å². The number of rotatable bonds is 15. The maximum atomic E-state index is 11.8. The Labute approximate surface area is 183 Å². The smallest absolute Gasteiger partial charge is 0.253 e. The largest absolute Gasteiger partial charge is 0.390 e. The number of nitrogens with one attached hydrogen (secondary N) is 2. The van der Waals surface area contributed by atoms with Gasteiger partial charge in [-0.15, -0.1) is 0 Å². The Morgan fingerprint density at radius 1 is 1.16 bits per heavy atom. The molecule has 0 bridgehead atoms. The molecule has 1 unspecified atom stereocenters. The van der Waals surface area contributed by atoms with Gasteiger partial charge in [-0.2, -0.15) is 0 Å². The summed E-state index contributed by atoms with van der Waals surface area (Å²) in [6.45, 7) is 8.24. The summed E-state index contributed by atoms with van der Waals surface area (Å²) in [4.78, 5) is 47.3. The maximum absolute atomic E-state index is 11.8. The predicted molar refractivity (Wildman–Crippen MR) is 115 cm³/mol. The highest BCUT2D eigenvalue weighted by molar-refractivity contribution is 6.12. The Morgan fingerprint density at radius 2 is 1.81 bits per heavy atom. The van der Waals surface area contributed by atoms with Crippen molar-refractivity contribution in [2.45, 2.75) is 52.7 Å².